The topological polar surface area (TPSA) is 42.5 Å². The summed E-state index contributed by atoms with van der Waals surface area (Å²) in [4.78, 5) is 0. The maximum atomic E-state index is 12.9. The summed E-state index contributed by atoms with van der Waals surface area (Å²) in [6.45, 7) is 2.14. The van der Waals surface area contributed by atoms with Crippen molar-refractivity contribution in [2.24, 2.45) is 0 Å². The van der Waals surface area contributed by atoms with Gasteiger partial charge in [-0.1, -0.05) is 11.6 Å². The van der Waals surface area contributed by atoms with E-state index in [1.54, 1.807) is 31.4 Å². The van der Waals surface area contributed by atoms with Crippen molar-refractivity contribution in [3.63, 3.8) is 0 Å². The molecular weight excluding hydrogens is 401 g/mol. The van der Waals surface area contributed by atoms with Crippen LogP contribution in [-0.4, -0.2) is 24.9 Å². The van der Waals surface area contributed by atoms with Gasteiger partial charge in [-0.15, -0.1) is 0 Å². The third-order valence-electron chi connectivity index (χ3n) is 3.47. The molecule has 0 aromatic heterocycles. The van der Waals surface area contributed by atoms with E-state index in [1.807, 2.05) is 6.92 Å². The van der Waals surface area contributed by atoms with Gasteiger partial charge in [0.1, 0.15) is 18.1 Å². The lowest BCUT2D eigenvalue weighted by Crippen LogP contribution is -2.39. The van der Waals surface area contributed by atoms with Gasteiger partial charge in [-0.3, -0.25) is 0 Å². The molecule has 0 heterocycles. The van der Waals surface area contributed by atoms with Gasteiger partial charge in [-0.05, 0) is 61.6 Å². The monoisotopic (exact) mass is 418 g/mol. The average molecular weight is 419 g/mol. The van der Waals surface area contributed by atoms with Gasteiger partial charge < -0.3 is 20.1 Å². The molecule has 0 unspecified atom stereocenters. The minimum atomic E-state index is -4.54. The van der Waals surface area contributed by atoms with Crippen LogP contribution in [0.1, 0.15) is 12.5 Å². The summed E-state index contributed by atoms with van der Waals surface area (Å²) in [5.41, 5.74) is -0.736. The molecule has 2 rings (SSSR count). The molecule has 0 aliphatic rings. The first-order valence-electron chi connectivity index (χ1n) is 7.90. The maximum Gasteiger partial charge on any atom is 0.417 e. The Morgan fingerprint density at radius 2 is 1.78 bits per heavy atom. The summed E-state index contributed by atoms with van der Waals surface area (Å²) in [6, 6.07) is 10.4. The fraction of sp³-hybridized carbons (Fsp3) is 0.278. The molecule has 2 aromatic carbocycles. The number of anilines is 1. The third-order valence-corrected chi connectivity index (χ3v) is 4.02. The molecule has 0 fully saturated rings. The van der Waals surface area contributed by atoms with Crippen molar-refractivity contribution in [1.29, 1.82) is 0 Å². The SMILES string of the molecule is COc1ccc(OC[C@@H](C)NC(=S)Nc2ccc(Cl)c(C(F)(F)F)c2)cc1. The molecule has 1 atom stereocenters. The quantitative estimate of drug-likeness (QED) is 0.637. The van der Waals surface area contributed by atoms with Crippen LogP contribution >= 0.6 is 23.8 Å². The molecule has 27 heavy (non-hydrogen) atoms. The highest BCUT2D eigenvalue weighted by molar-refractivity contribution is 7.80. The lowest BCUT2D eigenvalue weighted by Gasteiger charge is -2.18. The number of thiocarbonyl (C=S) groups is 1. The Labute approximate surface area is 165 Å². The molecule has 0 amide bonds. The number of methoxy groups -OCH3 is 1. The number of benzene rings is 2. The molecule has 2 aromatic rings. The first kappa shape index (κ1) is 21.1. The molecular formula is C18H18ClF3N2O2S. The van der Waals surface area contributed by atoms with Gasteiger partial charge >= 0.3 is 6.18 Å². The fourth-order valence-corrected chi connectivity index (χ4v) is 2.69. The second-order valence-electron chi connectivity index (χ2n) is 5.68. The van der Waals surface area contributed by atoms with Crippen molar-refractivity contribution < 1.29 is 22.6 Å². The number of hydrogen-bond donors (Lipinski definition) is 2. The standard InChI is InChI=1S/C18H18ClF3N2O2S/c1-11(10-26-14-6-4-13(25-2)5-7-14)23-17(27)24-12-3-8-16(19)15(9-12)18(20,21)22/h3-9,11H,10H2,1-2H3,(H2,23,24,27)/t11-/m1/s1. The minimum absolute atomic E-state index is 0.177. The van der Waals surface area contributed by atoms with Gasteiger partial charge in [-0.25, -0.2) is 0 Å². The van der Waals surface area contributed by atoms with Crippen molar-refractivity contribution in [3.8, 4) is 11.5 Å². The molecule has 0 aliphatic heterocycles. The molecule has 146 valence electrons. The number of nitrogens with one attached hydrogen (secondary N) is 2. The zero-order valence-electron chi connectivity index (χ0n) is 14.6. The highest BCUT2D eigenvalue weighted by Crippen LogP contribution is 2.36. The van der Waals surface area contributed by atoms with Crippen LogP contribution in [-0.2, 0) is 6.18 Å². The van der Waals surface area contributed by atoms with Gasteiger partial charge in [0.05, 0.1) is 23.7 Å². The van der Waals surface area contributed by atoms with E-state index in [-0.39, 0.29) is 21.9 Å². The average Bonchev–Trinajstić information content (AvgIpc) is 2.61. The van der Waals surface area contributed by atoms with E-state index in [0.29, 0.717) is 12.4 Å². The Balaban J connectivity index is 1.87. The van der Waals surface area contributed by atoms with Crippen molar-refractivity contribution in [2.75, 3.05) is 19.0 Å². The van der Waals surface area contributed by atoms with Gasteiger partial charge in [0.25, 0.3) is 0 Å². The van der Waals surface area contributed by atoms with Crippen LogP contribution < -0.4 is 20.1 Å². The van der Waals surface area contributed by atoms with Crippen molar-refractivity contribution in [3.05, 3.63) is 53.1 Å². The van der Waals surface area contributed by atoms with E-state index in [4.69, 9.17) is 33.3 Å². The molecule has 0 spiro atoms. The first-order chi connectivity index (χ1) is 12.7. The molecule has 0 saturated heterocycles. The maximum absolute atomic E-state index is 12.9. The molecule has 0 saturated carbocycles. The van der Waals surface area contributed by atoms with E-state index < -0.39 is 11.7 Å². The Kier molecular flexibility index (Phi) is 7.15. The molecule has 9 heteroatoms. The summed E-state index contributed by atoms with van der Waals surface area (Å²) in [5, 5.41) is 5.48. The lowest BCUT2D eigenvalue weighted by molar-refractivity contribution is -0.137. The van der Waals surface area contributed by atoms with Crippen molar-refractivity contribution in [1.82, 2.24) is 5.32 Å². The molecule has 2 N–H and O–H groups in total. The summed E-state index contributed by atoms with van der Waals surface area (Å²) in [7, 11) is 1.58. The van der Waals surface area contributed by atoms with E-state index in [0.717, 1.165) is 11.8 Å². The van der Waals surface area contributed by atoms with Crippen LogP contribution in [0.5, 0.6) is 11.5 Å². The fourth-order valence-electron chi connectivity index (χ4n) is 2.15. The van der Waals surface area contributed by atoms with Crippen LogP contribution in [0.15, 0.2) is 42.5 Å². The number of alkyl halides is 3. The molecule has 0 aliphatic carbocycles. The largest absolute Gasteiger partial charge is 0.497 e. The van der Waals surface area contributed by atoms with Gasteiger partial charge in [0.15, 0.2) is 5.11 Å². The van der Waals surface area contributed by atoms with E-state index >= 15 is 0 Å². The summed E-state index contributed by atoms with van der Waals surface area (Å²) >= 11 is 10.7. The smallest absolute Gasteiger partial charge is 0.417 e. The third kappa shape index (κ3) is 6.48. The number of ether oxygens (including phenoxy) is 2. The van der Waals surface area contributed by atoms with Crippen molar-refractivity contribution >= 4 is 34.6 Å². The predicted molar refractivity (Wildman–Crippen MR) is 104 cm³/mol. The number of halogens is 4. The first-order valence-corrected chi connectivity index (χ1v) is 8.69. The van der Waals surface area contributed by atoms with Crippen LogP contribution in [0.3, 0.4) is 0 Å². The Hall–Kier alpha value is -2.19. The number of hydrogen-bond acceptors (Lipinski definition) is 3. The van der Waals surface area contributed by atoms with E-state index in [2.05, 4.69) is 10.6 Å². The zero-order valence-corrected chi connectivity index (χ0v) is 16.1. The predicted octanol–water partition coefficient (Wildman–Crippen LogP) is 5.12. The van der Waals surface area contributed by atoms with Gasteiger partial charge in [0.2, 0.25) is 0 Å². The summed E-state index contributed by atoms with van der Waals surface area (Å²) < 4.78 is 49.4. The zero-order chi connectivity index (χ0) is 20.0. The lowest BCUT2D eigenvalue weighted by atomic mass is 10.2. The number of rotatable bonds is 6. The van der Waals surface area contributed by atoms with Crippen LogP contribution in [0.2, 0.25) is 5.02 Å². The summed E-state index contributed by atoms with van der Waals surface area (Å²) in [5.74, 6) is 1.39. The second kappa shape index (κ2) is 9.14. The molecule has 0 bridgehead atoms. The highest BCUT2D eigenvalue weighted by atomic mass is 35.5. The van der Waals surface area contributed by atoms with Crippen LogP contribution in [0, 0.1) is 0 Å². The van der Waals surface area contributed by atoms with E-state index in [9.17, 15) is 13.2 Å². The summed E-state index contributed by atoms with van der Waals surface area (Å²) in [6.07, 6.45) is -4.54. The minimum Gasteiger partial charge on any atom is -0.497 e. The van der Waals surface area contributed by atoms with Gasteiger partial charge in [-0.2, -0.15) is 13.2 Å². The van der Waals surface area contributed by atoms with Crippen molar-refractivity contribution in [2.45, 2.75) is 19.1 Å². The Morgan fingerprint density at radius 3 is 2.37 bits per heavy atom. The highest BCUT2D eigenvalue weighted by Gasteiger charge is 2.33. The Morgan fingerprint density at radius 1 is 1.15 bits per heavy atom. The van der Waals surface area contributed by atoms with Crippen LogP contribution in [0.4, 0.5) is 18.9 Å². The van der Waals surface area contributed by atoms with E-state index in [1.165, 1.54) is 12.1 Å². The van der Waals surface area contributed by atoms with Gasteiger partial charge in [0, 0.05) is 5.69 Å². The molecule has 4 nitrogen and oxygen atoms in total. The Bertz CT molecular complexity index is 785. The van der Waals surface area contributed by atoms with Crippen LogP contribution in [0.25, 0.3) is 0 Å². The normalized spacial score (nSPS) is 12.2. The molecule has 0 radical (unpaired) electrons. The second-order valence-corrected chi connectivity index (χ2v) is 6.49.